The molecule has 122 valence electrons. The van der Waals surface area contributed by atoms with Crippen LogP contribution in [0.25, 0.3) is 0 Å². The first-order valence-electron chi connectivity index (χ1n) is 9.26. The third-order valence-corrected chi connectivity index (χ3v) is 4.96. The Morgan fingerprint density at radius 2 is 1.57 bits per heavy atom. The number of amides is 1. The minimum atomic E-state index is 0.366. The number of nitrogens with zero attached hydrogens (tertiary/aromatic N) is 2. The zero-order valence-electron chi connectivity index (χ0n) is 14.1. The lowest BCUT2D eigenvalue weighted by Crippen LogP contribution is -2.46. The Kier molecular flexibility index (Phi) is 7.01. The Balaban J connectivity index is 1.90. The highest BCUT2D eigenvalue weighted by molar-refractivity contribution is 5.78. The summed E-state index contributed by atoms with van der Waals surface area (Å²) >= 11 is 0. The van der Waals surface area contributed by atoms with Gasteiger partial charge in [-0.2, -0.15) is 0 Å². The second-order valence-electron chi connectivity index (χ2n) is 7.05. The van der Waals surface area contributed by atoms with Crippen LogP contribution in [0.4, 0.5) is 0 Å². The zero-order chi connectivity index (χ0) is 15.1. The zero-order valence-corrected chi connectivity index (χ0v) is 14.1. The van der Waals surface area contributed by atoms with E-state index in [2.05, 4.69) is 23.6 Å². The van der Waals surface area contributed by atoms with Gasteiger partial charge in [0.25, 0.3) is 0 Å². The summed E-state index contributed by atoms with van der Waals surface area (Å²) in [7, 11) is 0. The molecule has 0 aromatic carbocycles. The third-order valence-electron chi connectivity index (χ3n) is 4.96. The van der Waals surface area contributed by atoms with Crippen LogP contribution in [0.3, 0.4) is 0 Å². The number of carbonyl (C=O) groups excluding carboxylic acids is 1. The van der Waals surface area contributed by atoms with Gasteiger partial charge in [0.15, 0.2) is 0 Å². The van der Waals surface area contributed by atoms with Crippen LogP contribution >= 0.6 is 0 Å². The molecule has 0 bridgehead atoms. The van der Waals surface area contributed by atoms with Crippen LogP contribution in [0.1, 0.15) is 71.6 Å². The lowest BCUT2D eigenvalue weighted by atomic mass is 9.94. The van der Waals surface area contributed by atoms with Crippen LogP contribution in [0.2, 0.25) is 0 Å². The van der Waals surface area contributed by atoms with Gasteiger partial charge in [-0.3, -0.25) is 9.69 Å². The van der Waals surface area contributed by atoms with Crippen LogP contribution in [-0.4, -0.2) is 47.9 Å². The number of carbonyl (C=O) groups is 1. The standard InChI is InChI=1S/C18H34N2O/c1-3-12-19(13-4-2)18(21)15-20(14-16-10-11-16)17-8-6-5-7-9-17/h16-17H,3-15H2,1-2H3. The maximum absolute atomic E-state index is 12.7. The van der Waals surface area contributed by atoms with Crippen molar-refractivity contribution in [2.45, 2.75) is 77.7 Å². The summed E-state index contributed by atoms with van der Waals surface area (Å²) < 4.78 is 0. The Bertz CT molecular complexity index is 302. The van der Waals surface area contributed by atoms with Crippen LogP contribution in [-0.2, 0) is 4.79 Å². The molecule has 2 saturated carbocycles. The average Bonchev–Trinajstić information content (AvgIpc) is 3.31. The predicted octanol–water partition coefficient (Wildman–Crippen LogP) is 3.68. The predicted molar refractivity (Wildman–Crippen MR) is 88.3 cm³/mol. The van der Waals surface area contributed by atoms with Crippen molar-refractivity contribution >= 4 is 5.91 Å². The van der Waals surface area contributed by atoms with E-state index in [-0.39, 0.29) is 0 Å². The molecule has 2 fully saturated rings. The molecule has 0 heterocycles. The minimum Gasteiger partial charge on any atom is -0.342 e. The highest BCUT2D eigenvalue weighted by atomic mass is 16.2. The van der Waals surface area contributed by atoms with Gasteiger partial charge in [0, 0.05) is 25.7 Å². The van der Waals surface area contributed by atoms with Gasteiger partial charge >= 0.3 is 0 Å². The van der Waals surface area contributed by atoms with E-state index in [1.165, 1.54) is 51.5 Å². The summed E-state index contributed by atoms with van der Waals surface area (Å²) in [4.78, 5) is 17.3. The lowest BCUT2D eigenvalue weighted by Gasteiger charge is -2.35. The van der Waals surface area contributed by atoms with Crippen molar-refractivity contribution in [3.63, 3.8) is 0 Å². The molecule has 0 aliphatic heterocycles. The molecule has 0 aromatic rings. The van der Waals surface area contributed by atoms with E-state index in [0.29, 0.717) is 18.5 Å². The minimum absolute atomic E-state index is 0.366. The molecule has 2 aliphatic carbocycles. The highest BCUT2D eigenvalue weighted by Crippen LogP contribution is 2.32. The molecule has 0 unspecified atom stereocenters. The molecule has 2 aliphatic rings. The summed E-state index contributed by atoms with van der Waals surface area (Å²) in [6.07, 6.45) is 11.6. The van der Waals surface area contributed by atoms with E-state index < -0.39 is 0 Å². The highest BCUT2D eigenvalue weighted by Gasteiger charge is 2.30. The molecular weight excluding hydrogens is 260 g/mol. The molecule has 0 atom stereocenters. The maximum atomic E-state index is 12.7. The average molecular weight is 294 g/mol. The molecule has 0 radical (unpaired) electrons. The molecular formula is C18H34N2O. The van der Waals surface area contributed by atoms with Crippen molar-refractivity contribution in [2.24, 2.45) is 5.92 Å². The largest absolute Gasteiger partial charge is 0.342 e. The lowest BCUT2D eigenvalue weighted by molar-refractivity contribution is -0.133. The Morgan fingerprint density at radius 1 is 0.952 bits per heavy atom. The first-order chi connectivity index (χ1) is 10.2. The van der Waals surface area contributed by atoms with E-state index >= 15 is 0 Å². The molecule has 21 heavy (non-hydrogen) atoms. The van der Waals surface area contributed by atoms with Crippen molar-refractivity contribution in [3.8, 4) is 0 Å². The van der Waals surface area contributed by atoms with Gasteiger partial charge in [-0.1, -0.05) is 33.1 Å². The van der Waals surface area contributed by atoms with Gasteiger partial charge in [-0.25, -0.2) is 0 Å². The topological polar surface area (TPSA) is 23.6 Å². The Hall–Kier alpha value is -0.570. The van der Waals surface area contributed by atoms with E-state index in [9.17, 15) is 4.79 Å². The summed E-state index contributed by atoms with van der Waals surface area (Å²) in [6.45, 7) is 8.02. The van der Waals surface area contributed by atoms with Gasteiger partial charge in [-0.05, 0) is 44.4 Å². The Labute approximate surface area is 131 Å². The third kappa shape index (κ3) is 5.61. The first kappa shape index (κ1) is 16.8. The number of rotatable bonds is 9. The van der Waals surface area contributed by atoms with Crippen LogP contribution in [0.15, 0.2) is 0 Å². The maximum Gasteiger partial charge on any atom is 0.236 e. The van der Waals surface area contributed by atoms with Gasteiger partial charge in [-0.15, -0.1) is 0 Å². The molecule has 1 amide bonds. The quantitative estimate of drug-likeness (QED) is 0.647. The van der Waals surface area contributed by atoms with Crippen molar-refractivity contribution < 1.29 is 4.79 Å². The van der Waals surface area contributed by atoms with Gasteiger partial charge < -0.3 is 4.90 Å². The van der Waals surface area contributed by atoms with Crippen LogP contribution < -0.4 is 0 Å². The molecule has 0 spiro atoms. The first-order valence-corrected chi connectivity index (χ1v) is 9.26. The molecule has 0 saturated heterocycles. The molecule has 2 rings (SSSR count). The fraction of sp³-hybridized carbons (Fsp3) is 0.944. The van der Waals surface area contributed by atoms with Gasteiger partial charge in [0.1, 0.15) is 0 Å². The van der Waals surface area contributed by atoms with Crippen molar-refractivity contribution in [1.29, 1.82) is 0 Å². The fourth-order valence-corrected chi connectivity index (χ4v) is 3.60. The fourth-order valence-electron chi connectivity index (χ4n) is 3.60. The molecule has 0 N–H and O–H groups in total. The SMILES string of the molecule is CCCN(CCC)C(=O)CN(CC1CC1)C1CCCCC1. The van der Waals surface area contributed by atoms with Gasteiger partial charge in [0.05, 0.1) is 6.54 Å². The van der Waals surface area contributed by atoms with Crippen molar-refractivity contribution in [1.82, 2.24) is 9.80 Å². The molecule has 3 nitrogen and oxygen atoms in total. The monoisotopic (exact) mass is 294 g/mol. The number of hydrogen-bond donors (Lipinski definition) is 0. The Morgan fingerprint density at radius 3 is 2.10 bits per heavy atom. The van der Waals surface area contributed by atoms with Gasteiger partial charge in [0.2, 0.25) is 5.91 Å². The van der Waals surface area contributed by atoms with E-state index in [1.807, 2.05) is 0 Å². The molecule has 3 heteroatoms. The number of hydrogen-bond acceptors (Lipinski definition) is 2. The summed E-state index contributed by atoms with van der Waals surface area (Å²) in [6, 6.07) is 0.674. The second-order valence-corrected chi connectivity index (χ2v) is 7.05. The molecule has 0 aromatic heterocycles. The smallest absolute Gasteiger partial charge is 0.236 e. The van der Waals surface area contributed by atoms with Crippen molar-refractivity contribution in [2.75, 3.05) is 26.2 Å². The van der Waals surface area contributed by atoms with E-state index in [1.54, 1.807) is 0 Å². The normalized spacial score (nSPS) is 20.0. The van der Waals surface area contributed by atoms with Crippen LogP contribution in [0, 0.1) is 5.92 Å². The second kappa shape index (κ2) is 8.77. The summed E-state index contributed by atoms with van der Waals surface area (Å²) in [5, 5.41) is 0. The summed E-state index contributed by atoms with van der Waals surface area (Å²) in [5.74, 6) is 1.25. The van der Waals surface area contributed by atoms with E-state index in [0.717, 1.165) is 31.8 Å². The van der Waals surface area contributed by atoms with Crippen LogP contribution in [0.5, 0.6) is 0 Å². The summed E-state index contributed by atoms with van der Waals surface area (Å²) in [5.41, 5.74) is 0. The van der Waals surface area contributed by atoms with E-state index in [4.69, 9.17) is 0 Å². The van der Waals surface area contributed by atoms with Crippen molar-refractivity contribution in [3.05, 3.63) is 0 Å².